The van der Waals surface area contributed by atoms with Gasteiger partial charge in [0.25, 0.3) is 11.6 Å². The predicted octanol–water partition coefficient (Wildman–Crippen LogP) is 1.08. The van der Waals surface area contributed by atoms with E-state index in [1.54, 1.807) is 0 Å². The zero-order chi connectivity index (χ0) is 16.2. The molecular formula is C12H8F2N2O5. The van der Waals surface area contributed by atoms with Gasteiger partial charge in [0.1, 0.15) is 11.6 Å². The van der Waals surface area contributed by atoms with Gasteiger partial charge in [-0.1, -0.05) is 0 Å². The van der Waals surface area contributed by atoms with Crippen molar-refractivity contribution in [2.45, 2.75) is 12.5 Å². The lowest BCUT2D eigenvalue weighted by Crippen LogP contribution is -2.40. The molecule has 0 aliphatic rings. The predicted molar refractivity (Wildman–Crippen MR) is 65.4 cm³/mol. The van der Waals surface area contributed by atoms with Crippen molar-refractivity contribution in [1.29, 1.82) is 0 Å². The number of hydrogen-bond donors (Lipinski definition) is 2. The van der Waals surface area contributed by atoms with E-state index in [9.17, 15) is 28.5 Å². The molecule has 0 fully saturated rings. The second-order valence-corrected chi connectivity index (χ2v) is 3.81. The largest absolute Gasteiger partial charge is 0.480 e. The lowest BCUT2D eigenvalue weighted by Gasteiger charge is -2.12. The molecule has 0 saturated heterocycles. The zero-order valence-corrected chi connectivity index (χ0v) is 10.3. The first kappa shape index (κ1) is 16.0. The van der Waals surface area contributed by atoms with Crippen LogP contribution in [0.5, 0.6) is 0 Å². The number of amides is 1. The molecule has 0 bridgehead atoms. The van der Waals surface area contributed by atoms with Gasteiger partial charge in [-0.2, -0.15) is 0 Å². The summed E-state index contributed by atoms with van der Waals surface area (Å²) in [4.78, 5) is 32.2. The Morgan fingerprint density at radius 1 is 1.43 bits per heavy atom. The van der Waals surface area contributed by atoms with Crippen LogP contribution >= 0.6 is 0 Å². The maximum Gasteiger partial charge on any atom is 0.327 e. The second kappa shape index (κ2) is 6.42. The smallest absolute Gasteiger partial charge is 0.327 e. The van der Waals surface area contributed by atoms with Gasteiger partial charge >= 0.3 is 5.97 Å². The second-order valence-electron chi connectivity index (χ2n) is 3.81. The molecule has 7 nitrogen and oxygen atoms in total. The number of nitrogens with zero attached hydrogens (tertiary/aromatic N) is 1. The van der Waals surface area contributed by atoms with E-state index >= 15 is 0 Å². The summed E-state index contributed by atoms with van der Waals surface area (Å²) in [5, 5.41) is 21.4. The lowest BCUT2D eigenvalue weighted by atomic mass is 10.1. The van der Waals surface area contributed by atoms with Crippen LogP contribution in [0.15, 0.2) is 12.1 Å². The van der Waals surface area contributed by atoms with Gasteiger partial charge in [0.15, 0.2) is 11.6 Å². The first-order chi connectivity index (χ1) is 9.77. The average molecular weight is 298 g/mol. The van der Waals surface area contributed by atoms with E-state index in [-0.39, 0.29) is 12.5 Å². The normalized spacial score (nSPS) is 11.3. The molecule has 21 heavy (non-hydrogen) atoms. The van der Waals surface area contributed by atoms with Gasteiger partial charge in [0.2, 0.25) is 0 Å². The highest BCUT2D eigenvalue weighted by molar-refractivity contribution is 6.00. The zero-order valence-electron chi connectivity index (χ0n) is 10.3. The van der Waals surface area contributed by atoms with Crippen LogP contribution in [0.2, 0.25) is 0 Å². The molecule has 1 unspecified atom stereocenters. The van der Waals surface area contributed by atoms with Gasteiger partial charge in [-0.25, -0.2) is 13.6 Å². The van der Waals surface area contributed by atoms with Crippen molar-refractivity contribution in [3.05, 3.63) is 39.4 Å². The summed E-state index contributed by atoms with van der Waals surface area (Å²) in [5.41, 5.74) is -1.79. The van der Waals surface area contributed by atoms with Gasteiger partial charge in [0, 0.05) is 6.42 Å². The van der Waals surface area contributed by atoms with Crippen molar-refractivity contribution in [3.63, 3.8) is 0 Å². The Balaban J connectivity index is 3.18. The van der Waals surface area contributed by atoms with Gasteiger partial charge in [-0.3, -0.25) is 14.9 Å². The highest BCUT2D eigenvalue weighted by atomic mass is 19.2. The quantitative estimate of drug-likeness (QED) is 0.480. The number of nitro benzene ring substituents is 1. The Morgan fingerprint density at radius 3 is 2.48 bits per heavy atom. The number of carbonyl (C=O) groups is 2. The monoisotopic (exact) mass is 298 g/mol. The minimum atomic E-state index is -1.50. The standard InChI is InChI=1S/C12H8F2N2O5/c1-2-3-9(12(18)19)15-11(17)6-4-7(13)8(14)5-10(6)16(20)21/h1,4-5,9H,3H2,(H,15,17)(H,18,19). The molecule has 0 aliphatic heterocycles. The highest BCUT2D eigenvalue weighted by Crippen LogP contribution is 2.22. The number of terminal acetylenes is 1. The number of carboxylic acids is 1. The Labute approximate surface area is 116 Å². The van der Waals surface area contributed by atoms with Crippen LogP contribution in [0, 0.1) is 34.1 Å². The van der Waals surface area contributed by atoms with Crippen LogP contribution in [0.1, 0.15) is 16.8 Å². The van der Waals surface area contributed by atoms with E-state index in [0.29, 0.717) is 6.07 Å². The molecule has 0 spiro atoms. The van der Waals surface area contributed by atoms with Gasteiger partial charge in [0.05, 0.1) is 11.0 Å². The van der Waals surface area contributed by atoms with Crippen molar-refractivity contribution in [3.8, 4) is 12.3 Å². The Kier molecular flexibility index (Phi) is 4.91. The summed E-state index contributed by atoms with van der Waals surface area (Å²) in [6.07, 6.45) is 4.54. The number of rotatable bonds is 5. The fourth-order valence-electron chi connectivity index (χ4n) is 1.42. The van der Waals surface area contributed by atoms with Crippen LogP contribution in [-0.2, 0) is 4.79 Å². The van der Waals surface area contributed by atoms with Gasteiger partial charge in [-0.05, 0) is 6.07 Å². The van der Waals surface area contributed by atoms with Gasteiger partial charge < -0.3 is 10.4 Å². The van der Waals surface area contributed by atoms with Crippen molar-refractivity contribution in [2.24, 2.45) is 0 Å². The van der Waals surface area contributed by atoms with Crippen LogP contribution in [0.3, 0.4) is 0 Å². The van der Waals surface area contributed by atoms with E-state index in [1.165, 1.54) is 0 Å². The molecule has 9 heteroatoms. The molecular weight excluding hydrogens is 290 g/mol. The minimum Gasteiger partial charge on any atom is -0.480 e. The fraction of sp³-hybridized carbons (Fsp3) is 0.167. The molecule has 2 N–H and O–H groups in total. The summed E-state index contributed by atoms with van der Waals surface area (Å²) in [5.74, 6) is -3.69. The Bertz CT molecular complexity index is 654. The topological polar surface area (TPSA) is 110 Å². The van der Waals surface area contributed by atoms with E-state index in [1.807, 2.05) is 11.2 Å². The summed E-state index contributed by atoms with van der Waals surface area (Å²) in [6.45, 7) is 0. The van der Waals surface area contributed by atoms with Crippen LogP contribution in [0.25, 0.3) is 0 Å². The van der Waals surface area contributed by atoms with Gasteiger partial charge in [-0.15, -0.1) is 12.3 Å². The van der Waals surface area contributed by atoms with E-state index < -0.39 is 45.7 Å². The number of benzene rings is 1. The number of nitro groups is 1. The lowest BCUT2D eigenvalue weighted by molar-refractivity contribution is -0.385. The third-order valence-corrected chi connectivity index (χ3v) is 2.41. The SMILES string of the molecule is C#CCC(NC(=O)c1cc(F)c(F)cc1[N+](=O)[O-])C(=O)O. The third kappa shape index (κ3) is 3.73. The van der Waals surface area contributed by atoms with Crippen molar-refractivity contribution < 1.29 is 28.4 Å². The summed E-state index contributed by atoms with van der Waals surface area (Å²) in [7, 11) is 0. The molecule has 0 aromatic heterocycles. The first-order valence-electron chi connectivity index (χ1n) is 5.38. The Morgan fingerprint density at radius 2 is 2.00 bits per heavy atom. The summed E-state index contributed by atoms with van der Waals surface area (Å²) in [6, 6.07) is -0.950. The first-order valence-corrected chi connectivity index (χ1v) is 5.38. The molecule has 0 heterocycles. The molecule has 0 aliphatic carbocycles. The van der Waals surface area contributed by atoms with E-state index in [4.69, 9.17) is 11.5 Å². The van der Waals surface area contributed by atoms with E-state index in [2.05, 4.69) is 0 Å². The van der Waals surface area contributed by atoms with Crippen LogP contribution < -0.4 is 5.32 Å². The number of nitrogens with one attached hydrogen (secondary N) is 1. The van der Waals surface area contributed by atoms with Crippen molar-refractivity contribution in [2.75, 3.05) is 0 Å². The molecule has 1 aromatic rings. The number of hydrogen-bond acceptors (Lipinski definition) is 4. The number of aliphatic carboxylic acids is 1. The van der Waals surface area contributed by atoms with Crippen LogP contribution in [0.4, 0.5) is 14.5 Å². The minimum absolute atomic E-state index is 0.237. The number of carbonyl (C=O) groups excluding carboxylic acids is 1. The molecule has 1 aromatic carbocycles. The fourth-order valence-corrected chi connectivity index (χ4v) is 1.42. The van der Waals surface area contributed by atoms with Crippen LogP contribution in [-0.4, -0.2) is 27.9 Å². The maximum atomic E-state index is 13.1. The Hall–Kier alpha value is -3.02. The molecule has 1 atom stereocenters. The highest BCUT2D eigenvalue weighted by Gasteiger charge is 2.27. The van der Waals surface area contributed by atoms with Crippen molar-refractivity contribution in [1.82, 2.24) is 5.32 Å². The molecule has 0 radical (unpaired) electrons. The maximum absolute atomic E-state index is 13.1. The summed E-state index contributed by atoms with van der Waals surface area (Å²) < 4.78 is 26.1. The molecule has 110 valence electrons. The third-order valence-electron chi connectivity index (χ3n) is 2.41. The molecule has 0 saturated carbocycles. The average Bonchev–Trinajstić information content (AvgIpc) is 2.40. The van der Waals surface area contributed by atoms with E-state index in [0.717, 1.165) is 0 Å². The molecule has 1 rings (SSSR count). The molecule has 1 amide bonds. The summed E-state index contributed by atoms with van der Waals surface area (Å²) >= 11 is 0. The van der Waals surface area contributed by atoms with Crippen molar-refractivity contribution >= 4 is 17.6 Å². The number of carboxylic acid groups (broad SMARTS) is 1. The number of halogens is 2.